The summed E-state index contributed by atoms with van der Waals surface area (Å²) in [7, 11) is 0. The topological polar surface area (TPSA) is 35.2 Å². The maximum absolute atomic E-state index is 13.0. The van der Waals surface area contributed by atoms with Gasteiger partial charge in [0, 0.05) is 6.07 Å². The third kappa shape index (κ3) is 3.62. The van der Waals surface area contributed by atoms with Crippen LogP contribution >= 0.6 is 0 Å². The monoisotopic (exact) mass is 237 g/mol. The summed E-state index contributed by atoms with van der Waals surface area (Å²) in [4.78, 5) is 0. The molecule has 0 aromatic heterocycles. The van der Waals surface area contributed by atoms with Gasteiger partial charge in [0.15, 0.2) is 0 Å². The van der Waals surface area contributed by atoms with Crippen molar-refractivity contribution in [2.24, 2.45) is 5.92 Å². The second-order valence-electron chi connectivity index (χ2n) is 4.85. The van der Waals surface area contributed by atoms with Crippen LogP contribution in [-0.2, 0) is 0 Å². The summed E-state index contributed by atoms with van der Waals surface area (Å²) in [6.07, 6.45) is 7.67. The molecule has 2 nitrogen and oxygen atoms in total. The molecule has 17 heavy (non-hydrogen) atoms. The minimum absolute atomic E-state index is 0.296. The molecule has 1 saturated carbocycles. The summed E-state index contributed by atoms with van der Waals surface area (Å²) in [6, 6.07) is 4.28. The number of hydrogen-bond donors (Lipinski definition) is 1. The van der Waals surface area contributed by atoms with Crippen LogP contribution in [-0.4, -0.2) is 6.61 Å². The van der Waals surface area contributed by atoms with Crippen molar-refractivity contribution >= 4 is 5.69 Å². The van der Waals surface area contributed by atoms with Gasteiger partial charge in [0.25, 0.3) is 0 Å². The second kappa shape index (κ2) is 5.89. The van der Waals surface area contributed by atoms with Gasteiger partial charge in [-0.15, -0.1) is 0 Å². The zero-order chi connectivity index (χ0) is 12.1. The molecule has 1 fully saturated rings. The minimum Gasteiger partial charge on any atom is -0.491 e. The van der Waals surface area contributed by atoms with Gasteiger partial charge in [0.1, 0.15) is 11.6 Å². The van der Waals surface area contributed by atoms with Crippen LogP contribution in [0.4, 0.5) is 10.1 Å². The van der Waals surface area contributed by atoms with Crippen molar-refractivity contribution in [3.8, 4) is 5.75 Å². The van der Waals surface area contributed by atoms with Crippen molar-refractivity contribution in [2.45, 2.75) is 38.5 Å². The van der Waals surface area contributed by atoms with Gasteiger partial charge in [-0.2, -0.15) is 0 Å². The lowest BCUT2D eigenvalue weighted by molar-refractivity contribution is 0.234. The first kappa shape index (κ1) is 12.2. The largest absolute Gasteiger partial charge is 0.491 e. The molecule has 0 heterocycles. The van der Waals surface area contributed by atoms with Crippen molar-refractivity contribution in [1.82, 2.24) is 0 Å². The summed E-state index contributed by atoms with van der Waals surface area (Å²) in [5, 5.41) is 0. The average molecular weight is 237 g/mol. The molecule has 0 unspecified atom stereocenters. The number of ether oxygens (including phenoxy) is 1. The van der Waals surface area contributed by atoms with Crippen molar-refractivity contribution in [1.29, 1.82) is 0 Å². The molecule has 2 rings (SSSR count). The molecular weight excluding hydrogens is 217 g/mol. The summed E-state index contributed by atoms with van der Waals surface area (Å²) < 4.78 is 18.7. The van der Waals surface area contributed by atoms with Crippen molar-refractivity contribution < 1.29 is 9.13 Å². The van der Waals surface area contributed by atoms with E-state index in [0.29, 0.717) is 24.0 Å². The molecule has 0 amide bonds. The number of nitrogen functional groups attached to an aromatic ring is 1. The van der Waals surface area contributed by atoms with E-state index in [2.05, 4.69) is 0 Å². The van der Waals surface area contributed by atoms with Gasteiger partial charge in [-0.05, 0) is 30.9 Å². The van der Waals surface area contributed by atoms with E-state index >= 15 is 0 Å². The Morgan fingerprint density at radius 3 is 2.59 bits per heavy atom. The summed E-state index contributed by atoms with van der Waals surface area (Å²) in [5.74, 6) is 0.782. The second-order valence-corrected chi connectivity index (χ2v) is 4.85. The SMILES string of the molecule is Nc1ccc(F)cc1OCC1CCCCCC1. The highest BCUT2D eigenvalue weighted by molar-refractivity contribution is 5.52. The normalized spacial score (nSPS) is 17.7. The van der Waals surface area contributed by atoms with Gasteiger partial charge >= 0.3 is 0 Å². The van der Waals surface area contributed by atoms with Crippen molar-refractivity contribution in [3.05, 3.63) is 24.0 Å². The van der Waals surface area contributed by atoms with Gasteiger partial charge in [-0.1, -0.05) is 25.7 Å². The molecule has 0 atom stereocenters. The van der Waals surface area contributed by atoms with Crippen LogP contribution < -0.4 is 10.5 Å². The zero-order valence-corrected chi connectivity index (χ0v) is 10.1. The van der Waals surface area contributed by atoms with E-state index in [4.69, 9.17) is 10.5 Å². The Morgan fingerprint density at radius 1 is 1.18 bits per heavy atom. The predicted octanol–water partition coefficient (Wildman–Crippen LogP) is 3.76. The molecule has 0 bridgehead atoms. The Morgan fingerprint density at radius 2 is 1.88 bits per heavy atom. The Kier molecular flexibility index (Phi) is 4.24. The molecule has 94 valence electrons. The summed E-state index contributed by atoms with van der Waals surface area (Å²) in [5.41, 5.74) is 6.26. The van der Waals surface area contributed by atoms with Crippen LogP contribution in [0.2, 0.25) is 0 Å². The molecular formula is C14H20FNO. The Balaban J connectivity index is 1.89. The quantitative estimate of drug-likeness (QED) is 0.641. The van der Waals surface area contributed by atoms with Crippen LogP contribution in [0.1, 0.15) is 38.5 Å². The van der Waals surface area contributed by atoms with E-state index in [9.17, 15) is 4.39 Å². The summed E-state index contributed by atoms with van der Waals surface area (Å²) >= 11 is 0. The highest BCUT2D eigenvalue weighted by Crippen LogP contribution is 2.26. The number of hydrogen-bond acceptors (Lipinski definition) is 2. The van der Waals surface area contributed by atoms with E-state index < -0.39 is 0 Å². The fourth-order valence-corrected chi connectivity index (χ4v) is 2.37. The molecule has 0 radical (unpaired) electrons. The van der Waals surface area contributed by atoms with E-state index in [1.807, 2.05) is 0 Å². The van der Waals surface area contributed by atoms with E-state index in [0.717, 1.165) is 0 Å². The van der Waals surface area contributed by atoms with Crippen LogP contribution in [0.5, 0.6) is 5.75 Å². The lowest BCUT2D eigenvalue weighted by atomic mass is 10.0. The molecule has 0 saturated heterocycles. The minimum atomic E-state index is -0.296. The molecule has 1 aliphatic rings. The number of rotatable bonds is 3. The van der Waals surface area contributed by atoms with E-state index in [1.54, 1.807) is 6.07 Å². The first-order valence-electron chi connectivity index (χ1n) is 6.43. The zero-order valence-electron chi connectivity index (χ0n) is 10.1. The maximum Gasteiger partial charge on any atom is 0.145 e. The lowest BCUT2D eigenvalue weighted by Gasteiger charge is -2.16. The first-order chi connectivity index (χ1) is 8.25. The fourth-order valence-electron chi connectivity index (χ4n) is 2.37. The number of anilines is 1. The highest BCUT2D eigenvalue weighted by atomic mass is 19.1. The van der Waals surface area contributed by atoms with Crippen LogP contribution in [0.15, 0.2) is 18.2 Å². The van der Waals surface area contributed by atoms with Crippen molar-refractivity contribution in [3.63, 3.8) is 0 Å². The lowest BCUT2D eigenvalue weighted by Crippen LogP contribution is -2.12. The van der Waals surface area contributed by atoms with Crippen LogP contribution in [0.3, 0.4) is 0 Å². The van der Waals surface area contributed by atoms with Gasteiger partial charge < -0.3 is 10.5 Å². The molecule has 1 aromatic carbocycles. The van der Waals surface area contributed by atoms with E-state index in [1.165, 1.54) is 50.7 Å². The number of benzene rings is 1. The average Bonchev–Trinajstić information content (AvgIpc) is 2.59. The third-order valence-corrected chi connectivity index (χ3v) is 3.42. The first-order valence-corrected chi connectivity index (χ1v) is 6.43. The van der Waals surface area contributed by atoms with Gasteiger partial charge in [-0.25, -0.2) is 4.39 Å². The van der Waals surface area contributed by atoms with Crippen LogP contribution in [0.25, 0.3) is 0 Å². The molecule has 1 aliphatic carbocycles. The third-order valence-electron chi connectivity index (χ3n) is 3.42. The molecule has 0 aliphatic heterocycles. The number of nitrogens with two attached hydrogens (primary N) is 1. The van der Waals surface area contributed by atoms with E-state index in [-0.39, 0.29) is 5.82 Å². The maximum atomic E-state index is 13.0. The van der Waals surface area contributed by atoms with Crippen LogP contribution in [0, 0.1) is 11.7 Å². The molecule has 1 aromatic rings. The Labute approximate surface area is 102 Å². The number of halogens is 1. The molecule has 2 N–H and O–H groups in total. The van der Waals surface area contributed by atoms with Gasteiger partial charge in [0.05, 0.1) is 12.3 Å². The van der Waals surface area contributed by atoms with Gasteiger partial charge in [-0.3, -0.25) is 0 Å². The smallest absolute Gasteiger partial charge is 0.145 e. The Hall–Kier alpha value is -1.25. The standard InChI is InChI=1S/C14H20FNO/c15-12-7-8-13(16)14(9-12)17-10-11-5-3-1-2-4-6-11/h7-9,11H,1-6,10,16H2. The van der Waals surface area contributed by atoms with Crippen molar-refractivity contribution in [2.75, 3.05) is 12.3 Å². The fraction of sp³-hybridized carbons (Fsp3) is 0.571. The molecule has 3 heteroatoms. The highest BCUT2D eigenvalue weighted by Gasteiger charge is 2.13. The van der Waals surface area contributed by atoms with Gasteiger partial charge in [0.2, 0.25) is 0 Å². The summed E-state index contributed by atoms with van der Waals surface area (Å²) in [6.45, 7) is 0.660. The molecule has 0 spiro atoms. The predicted molar refractivity (Wildman–Crippen MR) is 67.5 cm³/mol. The Bertz CT molecular complexity index is 359.